The molecule has 1 atom stereocenters. The Kier molecular flexibility index (Phi) is 6.73. The summed E-state index contributed by atoms with van der Waals surface area (Å²) in [6.07, 6.45) is 3.30. The molecule has 1 heterocycles. The van der Waals surface area contributed by atoms with Gasteiger partial charge in [0.2, 0.25) is 5.91 Å². The Morgan fingerprint density at radius 3 is 2.76 bits per heavy atom. The van der Waals surface area contributed by atoms with Crippen LogP contribution in [0.2, 0.25) is 0 Å². The number of ether oxygens (including phenoxy) is 1. The average Bonchev–Trinajstić information content (AvgIpc) is 2.60. The number of aliphatic carboxylic acids is 1. The number of benzene rings is 1. The molecule has 1 aliphatic rings. The molecule has 8 heteroatoms. The number of piperidine rings is 1. The molecule has 1 saturated heterocycles. The Labute approximate surface area is 145 Å². The summed E-state index contributed by atoms with van der Waals surface area (Å²) in [5, 5.41) is 19.8. The molecule has 1 unspecified atom stereocenters. The third-order valence-corrected chi connectivity index (χ3v) is 4.27. The second-order valence-electron chi connectivity index (χ2n) is 5.99. The zero-order chi connectivity index (χ0) is 18.2. The van der Waals surface area contributed by atoms with Crippen LogP contribution in [0.5, 0.6) is 5.75 Å². The topological polar surface area (TPSA) is 110 Å². The number of para-hydroxylation sites is 2. The van der Waals surface area contributed by atoms with Gasteiger partial charge in [-0.2, -0.15) is 0 Å². The Morgan fingerprint density at radius 2 is 2.04 bits per heavy atom. The van der Waals surface area contributed by atoms with Crippen LogP contribution in [0.4, 0.5) is 5.69 Å². The molecule has 1 amide bonds. The first-order valence-electron chi connectivity index (χ1n) is 8.36. The second-order valence-corrected chi connectivity index (χ2v) is 5.99. The van der Waals surface area contributed by atoms with Gasteiger partial charge in [-0.25, -0.2) is 0 Å². The van der Waals surface area contributed by atoms with Gasteiger partial charge >= 0.3 is 11.7 Å². The number of amides is 1. The molecule has 1 aromatic rings. The summed E-state index contributed by atoms with van der Waals surface area (Å²) in [5.74, 6) is -0.826. The van der Waals surface area contributed by atoms with Gasteiger partial charge in [-0.1, -0.05) is 12.1 Å². The van der Waals surface area contributed by atoms with E-state index in [0.717, 1.165) is 19.3 Å². The molecule has 0 aliphatic carbocycles. The van der Waals surface area contributed by atoms with E-state index >= 15 is 0 Å². The number of hydrogen-bond donors (Lipinski definition) is 1. The Hall–Kier alpha value is -2.64. The molecule has 0 spiro atoms. The first-order valence-corrected chi connectivity index (χ1v) is 8.36. The highest BCUT2D eigenvalue weighted by Crippen LogP contribution is 2.26. The number of likely N-dealkylation sites (tertiary alicyclic amines) is 1. The predicted molar refractivity (Wildman–Crippen MR) is 89.4 cm³/mol. The molecule has 0 aromatic heterocycles. The largest absolute Gasteiger partial charge is 0.486 e. The van der Waals surface area contributed by atoms with Gasteiger partial charge in [0.05, 0.1) is 18.0 Å². The molecule has 1 aliphatic heterocycles. The molecule has 1 aromatic carbocycles. The highest BCUT2D eigenvalue weighted by atomic mass is 16.6. The van der Waals surface area contributed by atoms with Crippen LogP contribution in [0.25, 0.3) is 0 Å². The van der Waals surface area contributed by atoms with Crippen LogP contribution in [0.1, 0.15) is 38.5 Å². The van der Waals surface area contributed by atoms with Crippen molar-refractivity contribution in [3.8, 4) is 5.75 Å². The quantitative estimate of drug-likeness (QED) is 0.570. The van der Waals surface area contributed by atoms with Crippen LogP contribution >= 0.6 is 0 Å². The summed E-state index contributed by atoms with van der Waals surface area (Å²) in [6, 6.07) is 5.99. The lowest BCUT2D eigenvalue weighted by Gasteiger charge is -2.35. The molecule has 0 bridgehead atoms. The standard InChI is InChI=1S/C17H22N2O6/c20-16(18-11-4-3-5-13(18)8-9-17(21)22)10-12-25-15-7-2-1-6-14(15)19(23)24/h1-2,6-7,13H,3-5,8-12H2,(H,21,22). The van der Waals surface area contributed by atoms with Gasteiger partial charge in [0.1, 0.15) is 0 Å². The zero-order valence-corrected chi connectivity index (χ0v) is 13.9. The highest BCUT2D eigenvalue weighted by Gasteiger charge is 2.27. The Balaban J connectivity index is 1.88. The van der Waals surface area contributed by atoms with Gasteiger partial charge in [0.25, 0.3) is 0 Å². The third kappa shape index (κ3) is 5.44. The van der Waals surface area contributed by atoms with E-state index in [4.69, 9.17) is 9.84 Å². The van der Waals surface area contributed by atoms with Crippen LogP contribution < -0.4 is 4.74 Å². The van der Waals surface area contributed by atoms with Gasteiger partial charge in [-0.05, 0) is 31.7 Å². The number of carbonyl (C=O) groups is 2. The van der Waals surface area contributed by atoms with E-state index in [1.54, 1.807) is 17.0 Å². The highest BCUT2D eigenvalue weighted by molar-refractivity contribution is 5.77. The predicted octanol–water partition coefficient (Wildman–Crippen LogP) is 2.61. The summed E-state index contributed by atoms with van der Waals surface area (Å²) < 4.78 is 5.41. The maximum atomic E-state index is 12.4. The van der Waals surface area contributed by atoms with E-state index in [2.05, 4.69) is 0 Å². The summed E-state index contributed by atoms with van der Waals surface area (Å²) in [7, 11) is 0. The van der Waals surface area contributed by atoms with Crippen LogP contribution in [0.15, 0.2) is 24.3 Å². The fourth-order valence-corrected chi connectivity index (χ4v) is 3.04. The number of nitro groups is 1. The van der Waals surface area contributed by atoms with Crippen molar-refractivity contribution < 1.29 is 24.4 Å². The minimum atomic E-state index is -0.863. The van der Waals surface area contributed by atoms with Gasteiger partial charge in [0, 0.05) is 25.1 Å². The van der Waals surface area contributed by atoms with Gasteiger partial charge in [0.15, 0.2) is 5.75 Å². The number of carbonyl (C=O) groups excluding carboxylic acids is 1. The lowest BCUT2D eigenvalue weighted by molar-refractivity contribution is -0.385. The van der Waals surface area contributed by atoms with Crippen molar-refractivity contribution in [1.82, 2.24) is 4.90 Å². The number of carboxylic acids is 1. The number of carboxylic acid groups (broad SMARTS) is 1. The molecule has 0 saturated carbocycles. The first-order chi connectivity index (χ1) is 12.0. The Bertz CT molecular complexity index is 633. The smallest absolute Gasteiger partial charge is 0.310 e. The lowest BCUT2D eigenvalue weighted by Crippen LogP contribution is -2.44. The van der Waals surface area contributed by atoms with E-state index in [9.17, 15) is 19.7 Å². The van der Waals surface area contributed by atoms with E-state index in [0.29, 0.717) is 13.0 Å². The SMILES string of the molecule is O=C(O)CCC1CCCCN1C(=O)CCOc1ccccc1[N+](=O)[O-]. The third-order valence-electron chi connectivity index (χ3n) is 4.27. The number of rotatable bonds is 8. The van der Waals surface area contributed by atoms with Crippen molar-refractivity contribution in [2.24, 2.45) is 0 Å². The van der Waals surface area contributed by atoms with E-state index in [-0.39, 0.29) is 42.8 Å². The van der Waals surface area contributed by atoms with Crippen molar-refractivity contribution in [3.05, 3.63) is 34.4 Å². The summed E-state index contributed by atoms with van der Waals surface area (Å²) in [5.41, 5.74) is -0.132. The van der Waals surface area contributed by atoms with Crippen LogP contribution in [-0.2, 0) is 9.59 Å². The first kappa shape index (κ1) is 18.7. The molecule has 2 rings (SSSR count). The van der Waals surface area contributed by atoms with Crippen molar-refractivity contribution in [2.75, 3.05) is 13.2 Å². The molecule has 0 radical (unpaired) electrons. The minimum Gasteiger partial charge on any atom is -0.486 e. The number of hydrogen-bond acceptors (Lipinski definition) is 5. The molecule has 1 fully saturated rings. The second kappa shape index (κ2) is 9.00. The molecule has 25 heavy (non-hydrogen) atoms. The summed E-state index contributed by atoms with van der Waals surface area (Å²) in [6.45, 7) is 0.667. The molecule has 136 valence electrons. The maximum absolute atomic E-state index is 12.4. The van der Waals surface area contributed by atoms with E-state index in [1.165, 1.54) is 12.1 Å². The van der Waals surface area contributed by atoms with Crippen LogP contribution in [0, 0.1) is 10.1 Å². The van der Waals surface area contributed by atoms with Crippen molar-refractivity contribution in [3.63, 3.8) is 0 Å². The summed E-state index contributed by atoms with van der Waals surface area (Å²) in [4.78, 5) is 35.3. The normalized spacial score (nSPS) is 17.1. The monoisotopic (exact) mass is 350 g/mol. The van der Waals surface area contributed by atoms with Crippen molar-refractivity contribution in [1.29, 1.82) is 0 Å². The van der Waals surface area contributed by atoms with E-state index < -0.39 is 10.9 Å². The van der Waals surface area contributed by atoms with Crippen LogP contribution in [0.3, 0.4) is 0 Å². The maximum Gasteiger partial charge on any atom is 0.310 e. The van der Waals surface area contributed by atoms with Gasteiger partial charge < -0.3 is 14.7 Å². The number of nitro benzene ring substituents is 1. The summed E-state index contributed by atoms with van der Waals surface area (Å²) >= 11 is 0. The van der Waals surface area contributed by atoms with Crippen LogP contribution in [-0.4, -0.2) is 46.0 Å². The molecular weight excluding hydrogens is 328 g/mol. The zero-order valence-electron chi connectivity index (χ0n) is 13.9. The van der Waals surface area contributed by atoms with Gasteiger partial charge in [-0.15, -0.1) is 0 Å². The fourth-order valence-electron chi connectivity index (χ4n) is 3.04. The van der Waals surface area contributed by atoms with Crippen molar-refractivity contribution >= 4 is 17.6 Å². The number of nitrogens with zero attached hydrogens (tertiary/aromatic N) is 2. The lowest BCUT2D eigenvalue weighted by atomic mass is 9.97. The van der Waals surface area contributed by atoms with E-state index in [1.807, 2.05) is 0 Å². The van der Waals surface area contributed by atoms with Gasteiger partial charge in [-0.3, -0.25) is 19.7 Å². The average molecular weight is 350 g/mol. The molecule has 8 nitrogen and oxygen atoms in total. The Morgan fingerprint density at radius 1 is 1.28 bits per heavy atom. The molecular formula is C17H22N2O6. The minimum absolute atomic E-state index is 0.0428. The molecule has 1 N–H and O–H groups in total. The fraction of sp³-hybridized carbons (Fsp3) is 0.529. The van der Waals surface area contributed by atoms with Crippen molar-refractivity contribution in [2.45, 2.75) is 44.6 Å².